The Morgan fingerprint density at radius 2 is 1.81 bits per heavy atom. The fourth-order valence-electron chi connectivity index (χ4n) is 2.49. The molecule has 1 atom stereocenters. The molecule has 1 amide bonds. The topological polar surface area (TPSA) is 115 Å². The number of ether oxygens (including phenoxy) is 1. The first kappa shape index (κ1) is 18.1. The van der Waals surface area contributed by atoms with Gasteiger partial charge in [0, 0.05) is 11.3 Å². The molecule has 8 nitrogen and oxygen atoms in total. The molecule has 3 aromatic rings. The van der Waals surface area contributed by atoms with Crippen molar-refractivity contribution in [1.82, 2.24) is 10.2 Å². The summed E-state index contributed by atoms with van der Waals surface area (Å²) in [7, 11) is 1.28. The summed E-state index contributed by atoms with van der Waals surface area (Å²) in [6.07, 6.45) is -0.326. The average Bonchev–Trinajstić information content (AvgIpc) is 3.17. The Morgan fingerprint density at radius 1 is 1.11 bits per heavy atom. The third kappa shape index (κ3) is 4.49. The molecule has 0 aliphatic rings. The Kier molecular flexibility index (Phi) is 5.46. The Labute approximate surface area is 154 Å². The Hall–Kier alpha value is -3.68. The summed E-state index contributed by atoms with van der Waals surface area (Å²) in [6.45, 7) is 0. The molecule has 0 radical (unpaired) electrons. The van der Waals surface area contributed by atoms with E-state index in [0.717, 1.165) is 5.56 Å². The molecule has 1 aromatic heterocycles. The van der Waals surface area contributed by atoms with E-state index in [2.05, 4.69) is 20.3 Å². The number of hydrogen-bond donors (Lipinski definition) is 2. The minimum atomic E-state index is -1.04. The molecule has 0 fully saturated rings. The first-order chi connectivity index (χ1) is 13.1. The van der Waals surface area contributed by atoms with Crippen molar-refractivity contribution < 1.29 is 23.8 Å². The molecule has 0 aliphatic heterocycles. The van der Waals surface area contributed by atoms with Gasteiger partial charge in [-0.05, 0) is 36.2 Å². The predicted molar refractivity (Wildman–Crippen MR) is 96.3 cm³/mol. The highest BCUT2D eigenvalue weighted by atomic mass is 16.5. The van der Waals surface area contributed by atoms with Gasteiger partial charge in [-0.25, -0.2) is 4.79 Å². The van der Waals surface area contributed by atoms with Gasteiger partial charge in [0.25, 0.3) is 0 Å². The maximum atomic E-state index is 11.6. The normalized spacial score (nSPS) is 11.6. The number of rotatable bonds is 6. The van der Waals surface area contributed by atoms with Crippen molar-refractivity contribution in [2.24, 2.45) is 0 Å². The summed E-state index contributed by atoms with van der Waals surface area (Å²) < 4.78 is 10.1. The Balaban J connectivity index is 1.78. The SMILES string of the molecule is COC(=O)Nc1ccc(-c2nnc(C(Cc3ccccc3)C(=O)O)o2)cc1. The number of methoxy groups -OCH3 is 1. The lowest BCUT2D eigenvalue weighted by atomic mass is 9.99. The molecule has 0 saturated heterocycles. The number of carboxylic acid groups (broad SMARTS) is 1. The highest BCUT2D eigenvalue weighted by molar-refractivity contribution is 5.84. The van der Waals surface area contributed by atoms with Crippen molar-refractivity contribution in [3.8, 4) is 11.5 Å². The van der Waals surface area contributed by atoms with Crippen LogP contribution in [0.4, 0.5) is 10.5 Å². The van der Waals surface area contributed by atoms with Crippen LogP contribution in [0.5, 0.6) is 0 Å². The number of benzene rings is 2. The first-order valence-corrected chi connectivity index (χ1v) is 8.12. The second-order valence-corrected chi connectivity index (χ2v) is 5.72. The van der Waals surface area contributed by atoms with E-state index in [-0.39, 0.29) is 18.2 Å². The van der Waals surface area contributed by atoms with E-state index in [4.69, 9.17) is 4.42 Å². The molecule has 138 valence electrons. The van der Waals surface area contributed by atoms with Crippen LogP contribution >= 0.6 is 0 Å². The highest BCUT2D eigenvalue weighted by Gasteiger charge is 2.26. The molecule has 2 aromatic carbocycles. The lowest BCUT2D eigenvalue weighted by molar-refractivity contribution is -0.139. The third-order valence-electron chi connectivity index (χ3n) is 3.88. The summed E-state index contributed by atoms with van der Waals surface area (Å²) in [4.78, 5) is 22.8. The van der Waals surface area contributed by atoms with Crippen molar-refractivity contribution in [3.05, 3.63) is 66.1 Å². The molecule has 0 saturated carbocycles. The second kappa shape index (κ2) is 8.13. The number of aromatic nitrogens is 2. The van der Waals surface area contributed by atoms with Crippen LogP contribution < -0.4 is 5.32 Å². The molecule has 3 rings (SSSR count). The van der Waals surface area contributed by atoms with Crippen LogP contribution in [0.3, 0.4) is 0 Å². The van der Waals surface area contributed by atoms with Crippen molar-refractivity contribution in [2.75, 3.05) is 12.4 Å². The number of hydrogen-bond acceptors (Lipinski definition) is 6. The molecule has 1 heterocycles. The van der Waals surface area contributed by atoms with Crippen LogP contribution in [0.2, 0.25) is 0 Å². The van der Waals surface area contributed by atoms with E-state index in [1.807, 2.05) is 30.3 Å². The van der Waals surface area contributed by atoms with Crippen LogP contribution in [0.1, 0.15) is 17.4 Å². The van der Waals surface area contributed by atoms with Gasteiger partial charge in [0.05, 0.1) is 7.11 Å². The fraction of sp³-hybridized carbons (Fsp3) is 0.158. The van der Waals surface area contributed by atoms with Gasteiger partial charge in [0.2, 0.25) is 11.8 Å². The number of nitrogens with zero attached hydrogens (tertiary/aromatic N) is 2. The lowest BCUT2D eigenvalue weighted by Gasteiger charge is -2.07. The zero-order valence-electron chi connectivity index (χ0n) is 14.5. The van der Waals surface area contributed by atoms with Gasteiger partial charge in [0.15, 0.2) is 0 Å². The second-order valence-electron chi connectivity index (χ2n) is 5.72. The van der Waals surface area contributed by atoms with Gasteiger partial charge in [-0.1, -0.05) is 30.3 Å². The summed E-state index contributed by atoms with van der Waals surface area (Å²) in [5.41, 5.74) is 2.01. The number of carbonyl (C=O) groups excluding carboxylic acids is 1. The molecule has 27 heavy (non-hydrogen) atoms. The van der Waals surface area contributed by atoms with Crippen molar-refractivity contribution in [2.45, 2.75) is 12.3 Å². The van der Waals surface area contributed by atoms with E-state index < -0.39 is 18.0 Å². The number of carbonyl (C=O) groups is 2. The zero-order valence-corrected chi connectivity index (χ0v) is 14.5. The number of carboxylic acids is 1. The quantitative estimate of drug-likeness (QED) is 0.687. The highest BCUT2D eigenvalue weighted by Crippen LogP contribution is 2.25. The van der Waals surface area contributed by atoms with Crippen molar-refractivity contribution >= 4 is 17.7 Å². The van der Waals surface area contributed by atoms with Gasteiger partial charge in [-0.15, -0.1) is 10.2 Å². The molecule has 0 aliphatic carbocycles. The van der Waals surface area contributed by atoms with Crippen molar-refractivity contribution in [3.63, 3.8) is 0 Å². The summed E-state index contributed by atoms with van der Waals surface area (Å²) in [5.74, 6) is -1.73. The molecule has 2 N–H and O–H groups in total. The van der Waals surface area contributed by atoms with Gasteiger partial charge in [-0.2, -0.15) is 0 Å². The summed E-state index contributed by atoms with van der Waals surface area (Å²) >= 11 is 0. The van der Waals surface area contributed by atoms with Crippen LogP contribution in [-0.4, -0.2) is 34.5 Å². The van der Waals surface area contributed by atoms with Gasteiger partial charge in [-0.3, -0.25) is 10.1 Å². The largest absolute Gasteiger partial charge is 0.481 e. The minimum absolute atomic E-state index is 0.0399. The number of aliphatic carboxylic acids is 1. The monoisotopic (exact) mass is 367 g/mol. The first-order valence-electron chi connectivity index (χ1n) is 8.12. The van der Waals surface area contributed by atoms with E-state index in [0.29, 0.717) is 11.3 Å². The predicted octanol–water partition coefficient (Wildman–Crippen LogP) is 3.33. The summed E-state index contributed by atoms with van der Waals surface area (Å²) in [6, 6.07) is 15.9. The maximum absolute atomic E-state index is 11.6. The fourth-order valence-corrected chi connectivity index (χ4v) is 2.49. The average molecular weight is 367 g/mol. The standard InChI is InChI=1S/C19H17N3O5/c1-26-19(25)20-14-9-7-13(8-10-14)16-21-22-17(27-16)15(18(23)24)11-12-5-3-2-4-6-12/h2-10,15H,11H2,1H3,(H,20,25)(H,23,24). The number of anilines is 1. The molecular formula is C19H17N3O5. The smallest absolute Gasteiger partial charge is 0.411 e. The number of nitrogens with one attached hydrogen (secondary N) is 1. The van der Waals surface area contributed by atoms with E-state index in [9.17, 15) is 14.7 Å². The van der Waals surface area contributed by atoms with E-state index in [1.54, 1.807) is 24.3 Å². The Morgan fingerprint density at radius 3 is 2.44 bits per heavy atom. The number of amides is 1. The Bertz CT molecular complexity index is 922. The molecule has 0 bridgehead atoms. The maximum Gasteiger partial charge on any atom is 0.411 e. The van der Waals surface area contributed by atoms with Crippen LogP contribution in [0.15, 0.2) is 59.0 Å². The molecular weight excluding hydrogens is 350 g/mol. The van der Waals surface area contributed by atoms with Gasteiger partial charge < -0.3 is 14.3 Å². The molecule has 1 unspecified atom stereocenters. The van der Waals surface area contributed by atoms with E-state index >= 15 is 0 Å². The molecule has 8 heteroatoms. The minimum Gasteiger partial charge on any atom is -0.481 e. The van der Waals surface area contributed by atoms with Gasteiger partial charge in [0.1, 0.15) is 5.92 Å². The third-order valence-corrected chi connectivity index (χ3v) is 3.88. The van der Waals surface area contributed by atoms with E-state index in [1.165, 1.54) is 7.11 Å². The van der Waals surface area contributed by atoms with Gasteiger partial charge >= 0.3 is 12.1 Å². The zero-order chi connectivity index (χ0) is 19.2. The van der Waals surface area contributed by atoms with Crippen LogP contribution in [0.25, 0.3) is 11.5 Å². The van der Waals surface area contributed by atoms with Crippen molar-refractivity contribution in [1.29, 1.82) is 0 Å². The lowest BCUT2D eigenvalue weighted by Crippen LogP contribution is -2.14. The van der Waals surface area contributed by atoms with Crippen LogP contribution in [-0.2, 0) is 16.0 Å². The molecule has 0 spiro atoms. The summed E-state index contributed by atoms with van der Waals surface area (Å²) in [5, 5.41) is 19.9. The van der Waals surface area contributed by atoms with Crippen LogP contribution in [0, 0.1) is 0 Å².